The van der Waals surface area contributed by atoms with Crippen LogP contribution < -0.4 is 10.2 Å². The number of amides is 3. The van der Waals surface area contributed by atoms with Crippen molar-refractivity contribution in [1.29, 1.82) is 0 Å². The fourth-order valence-corrected chi connectivity index (χ4v) is 7.38. The number of anilines is 1. The highest BCUT2D eigenvalue weighted by molar-refractivity contribution is 8.01. The monoisotopic (exact) mass is 512 g/mol. The number of rotatable bonds is 5. The molecule has 36 heavy (non-hydrogen) atoms. The van der Waals surface area contributed by atoms with Crippen molar-refractivity contribution in [3.63, 3.8) is 0 Å². The molecule has 0 aromatic heterocycles. The summed E-state index contributed by atoms with van der Waals surface area (Å²) >= 11 is 1.39. The molecule has 0 spiro atoms. The Morgan fingerprint density at radius 1 is 0.944 bits per heavy atom. The number of thioether (sulfide) groups is 1. The lowest BCUT2D eigenvalue weighted by molar-refractivity contribution is -0.136. The summed E-state index contributed by atoms with van der Waals surface area (Å²) in [5, 5.41) is 2.34. The molecule has 2 saturated heterocycles. The molecule has 7 nitrogen and oxygen atoms in total. The fourth-order valence-electron chi connectivity index (χ4n) is 6.14. The molecule has 1 aromatic carbocycles. The number of piperidine rings is 2. The van der Waals surface area contributed by atoms with Crippen molar-refractivity contribution in [3.8, 4) is 0 Å². The largest absolute Gasteiger partial charge is 0.352 e. The molecular weight excluding hydrogens is 472 g/mol. The van der Waals surface area contributed by atoms with Crippen LogP contribution in [-0.2, 0) is 14.4 Å². The van der Waals surface area contributed by atoms with Crippen LogP contribution in [0.5, 0.6) is 0 Å². The Labute approximate surface area is 219 Å². The van der Waals surface area contributed by atoms with E-state index in [0.717, 1.165) is 81.5 Å². The smallest absolute Gasteiger partial charge is 0.250 e. The third kappa shape index (κ3) is 5.75. The minimum absolute atomic E-state index is 0.0275. The highest BCUT2D eigenvalue weighted by Gasteiger charge is 2.41. The van der Waals surface area contributed by atoms with Crippen molar-refractivity contribution in [3.05, 3.63) is 23.8 Å². The molecule has 1 aliphatic carbocycles. The van der Waals surface area contributed by atoms with Crippen LogP contribution in [0.4, 0.5) is 5.69 Å². The van der Waals surface area contributed by atoms with Gasteiger partial charge in [0.25, 0.3) is 5.91 Å². The number of carbonyl (C=O) groups excluding carboxylic acids is 3. The Bertz CT molecular complexity index is 966. The molecule has 3 fully saturated rings. The number of carbonyl (C=O) groups is 3. The van der Waals surface area contributed by atoms with Crippen molar-refractivity contribution < 1.29 is 14.4 Å². The summed E-state index contributed by atoms with van der Waals surface area (Å²) in [6.45, 7) is 3.57. The molecule has 0 radical (unpaired) electrons. The van der Waals surface area contributed by atoms with Crippen LogP contribution in [0.25, 0.3) is 0 Å². The summed E-state index contributed by atoms with van der Waals surface area (Å²) in [6, 6.07) is 6.51. The average Bonchev–Trinajstić information content (AvgIpc) is 2.91. The third-order valence-electron chi connectivity index (χ3n) is 8.36. The molecule has 5 rings (SSSR count). The van der Waals surface area contributed by atoms with E-state index in [1.807, 2.05) is 11.0 Å². The van der Waals surface area contributed by atoms with Gasteiger partial charge in [-0.2, -0.15) is 0 Å². The van der Waals surface area contributed by atoms with Gasteiger partial charge in [0.2, 0.25) is 11.8 Å². The second kappa shape index (κ2) is 11.5. The minimum Gasteiger partial charge on any atom is -0.352 e. The van der Waals surface area contributed by atoms with E-state index in [9.17, 15) is 14.4 Å². The Kier molecular flexibility index (Phi) is 8.21. The summed E-state index contributed by atoms with van der Waals surface area (Å²) in [4.78, 5) is 47.0. The molecule has 1 N–H and O–H groups in total. The zero-order valence-corrected chi connectivity index (χ0v) is 22.4. The quantitative estimate of drug-likeness (QED) is 0.608. The lowest BCUT2D eigenvalue weighted by atomic mass is 9.89. The fraction of sp³-hybridized carbons (Fsp3) is 0.679. The second-order valence-corrected chi connectivity index (χ2v) is 12.2. The molecule has 1 unspecified atom stereocenters. The Morgan fingerprint density at radius 3 is 2.36 bits per heavy atom. The number of likely N-dealkylation sites (tertiary alicyclic amines) is 2. The van der Waals surface area contributed by atoms with Gasteiger partial charge < -0.3 is 20.0 Å². The molecule has 3 amide bonds. The number of fused-ring (bicyclic) bond motifs is 1. The molecule has 0 bridgehead atoms. The maximum Gasteiger partial charge on any atom is 0.250 e. The Hall–Kier alpha value is -2.06. The molecular formula is C28H40N4O3S. The highest BCUT2D eigenvalue weighted by atomic mass is 32.2. The standard InChI is InChI=1S/C28H40N4O3S/c1-30-16-12-20(13-17-30)21-10-11-23-24(18-21)36-26(27(34)31-14-6-3-7-15-31)28(35)32(23)19-25(33)29-22-8-4-2-5-9-22/h10-11,18,20,22,26H,2-9,12-17,19H2,1H3,(H,29,33). The number of nitrogens with zero attached hydrogens (tertiary/aromatic N) is 3. The van der Waals surface area contributed by atoms with Crippen molar-refractivity contribution in [2.75, 3.05) is 44.7 Å². The molecule has 8 heteroatoms. The van der Waals surface area contributed by atoms with Gasteiger partial charge in [0.15, 0.2) is 5.25 Å². The van der Waals surface area contributed by atoms with E-state index in [0.29, 0.717) is 19.0 Å². The lowest BCUT2D eigenvalue weighted by Crippen LogP contribution is -2.53. The first-order chi connectivity index (χ1) is 17.5. The maximum atomic E-state index is 13.7. The van der Waals surface area contributed by atoms with Gasteiger partial charge in [-0.15, -0.1) is 11.8 Å². The zero-order valence-electron chi connectivity index (χ0n) is 21.5. The summed E-state index contributed by atoms with van der Waals surface area (Å²) in [6.07, 6.45) is 10.8. The van der Waals surface area contributed by atoms with Crippen LogP contribution in [0.2, 0.25) is 0 Å². The number of hydrogen-bond donors (Lipinski definition) is 1. The van der Waals surface area contributed by atoms with Crippen LogP contribution >= 0.6 is 11.8 Å². The summed E-state index contributed by atoms with van der Waals surface area (Å²) < 4.78 is 0. The first-order valence-electron chi connectivity index (χ1n) is 13.9. The van der Waals surface area contributed by atoms with Gasteiger partial charge in [0, 0.05) is 24.0 Å². The van der Waals surface area contributed by atoms with Crippen LogP contribution in [0.15, 0.2) is 23.1 Å². The normalized spacial score (nSPS) is 24.5. The van der Waals surface area contributed by atoms with Gasteiger partial charge in [-0.05, 0) is 88.7 Å². The number of hydrogen-bond acceptors (Lipinski definition) is 5. The minimum atomic E-state index is -0.814. The van der Waals surface area contributed by atoms with E-state index in [1.165, 1.54) is 23.7 Å². The van der Waals surface area contributed by atoms with Crippen molar-refractivity contribution in [1.82, 2.24) is 15.1 Å². The van der Waals surface area contributed by atoms with Crippen molar-refractivity contribution in [2.45, 2.75) is 86.3 Å². The van der Waals surface area contributed by atoms with Gasteiger partial charge >= 0.3 is 0 Å². The van der Waals surface area contributed by atoms with E-state index in [2.05, 4.69) is 29.4 Å². The Morgan fingerprint density at radius 2 is 1.64 bits per heavy atom. The summed E-state index contributed by atoms with van der Waals surface area (Å²) in [7, 11) is 2.16. The first kappa shape index (κ1) is 25.6. The Balaban J connectivity index is 1.38. The van der Waals surface area contributed by atoms with Gasteiger partial charge in [-0.25, -0.2) is 0 Å². The lowest BCUT2D eigenvalue weighted by Gasteiger charge is -2.37. The molecule has 3 aliphatic heterocycles. The molecule has 1 aromatic rings. The highest BCUT2D eigenvalue weighted by Crippen LogP contribution is 2.42. The van der Waals surface area contributed by atoms with Gasteiger partial charge in [0.05, 0.1) is 5.69 Å². The van der Waals surface area contributed by atoms with E-state index in [1.54, 1.807) is 4.90 Å². The molecule has 196 valence electrons. The van der Waals surface area contributed by atoms with Gasteiger partial charge in [0.1, 0.15) is 6.54 Å². The predicted octanol–water partition coefficient (Wildman–Crippen LogP) is 3.76. The van der Waals surface area contributed by atoms with Crippen LogP contribution in [0.3, 0.4) is 0 Å². The summed E-state index contributed by atoms with van der Waals surface area (Å²) in [5.74, 6) is 0.00679. The third-order valence-corrected chi connectivity index (χ3v) is 9.58. The van der Waals surface area contributed by atoms with Gasteiger partial charge in [-0.1, -0.05) is 25.3 Å². The molecule has 4 aliphatic rings. The van der Waals surface area contributed by atoms with Crippen molar-refractivity contribution in [2.24, 2.45) is 0 Å². The van der Waals surface area contributed by atoms with Gasteiger partial charge in [-0.3, -0.25) is 14.4 Å². The van der Waals surface area contributed by atoms with Crippen LogP contribution in [-0.4, -0.2) is 78.6 Å². The zero-order chi connectivity index (χ0) is 25.1. The molecule has 3 heterocycles. The molecule has 1 saturated carbocycles. The number of benzene rings is 1. The van der Waals surface area contributed by atoms with E-state index in [-0.39, 0.29) is 30.3 Å². The van der Waals surface area contributed by atoms with E-state index >= 15 is 0 Å². The summed E-state index contributed by atoms with van der Waals surface area (Å²) in [5.41, 5.74) is 2.04. The van der Waals surface area contributed by atoms with Crippen LogP contribution in [0, 0.1) is 0 Å². The number of nitrogens with one attached hydrogen (secondary N) is 1. The van der Waals surface area contributed by atoms with E-state index in [4.69, 9.17) is 0 Å². The molecule has 1 atom stereocenters. The predicted molar refractivity (Wildman–Crippen MR) is 143 cm³/mol. The topological polar surface area (TPSA) is 73.0 Å². The SMILES string of the molecule is CN1CCC(c2ccc3c(c2)SC(C(=O)N2CCCCC2)C(=O)N3CC(=O)NC2CCCCC2)CC1. The van der Waals surface area contributed by atoms with E-state index < -0.39 is 5.25 Å². The second-order valence-electron chi connectivity index (χ2n) is 11.0. The average molecular weight is 513 g/mol. The van der Waals surface area contributed by atoms with Crippen molar-refractivity contribution >= 4 is 35.2 Å². The first-order valence-corrected chi connectivity index (χ1v) is 14.8. The maximum absolute atomic E-state index is 13.7. The van der Waals surface area contributed by atoms with Crippen LogP contribution in [0.1, 0.15) is 75.7 Å².